The monoisotopic (exact) mass is 442 g/mol. The second-order valence-corrected chi connectivity index (χ2v) is 8.56. The van der Waals surface area contributed by atoms with E-state index in [0.717, 1.165) is 61.1 Å². The Morgan fingerprint density at radius 2 is 1.66 bits per heavy atom. The number of β-amino-alcohol motifs (C(OH)–C–C–N with tert-alkyl or cyclic N) is 1. The van der Waals surface area contributed by atoms with E-state index in [-0.39, 0.29) is 0 Å². The fraction of sp³-hybridized carbons (Fsp3) is 0.520. The van der Waals surface area contributed by atoms with Crippen molar-refractivity contribution in [3.63, 3.8) is 0 Å². The normalized spacial score (nSPS) is 17.5. The van der Waals surface area contributed by atoms with Gasteiger partial charge in [0, 0.05) is 39.3 Å². The highest BCUT2D eigenvalue weighted by Gasteiger charge is 2.20. The molecule has 1 fully saturated rings. The Balaban J connectivity index is 1.10. The summed E-state index contributed by atoms with van der Waals surface area (Å²) < 4.78 is 22.3. The van der Waals surface area contributed by atoms with Crippen LogP contribution in [0, 0.1) is 13.8 Å². The molecule has 2 aromatic carbocycles. The molecule has 4 rings (SSSR count). The van der Waals surface area contributed by atoms with Crippen molar-refractivity contribution in [3.8, 4) is 17.2 Å². The van der Waals surface area contributed by atoms with Crippen molar-refractivity contribution in [3.05, 3.63) is 53.1 Å². The minimum atomic E-state index is -0.490. The molecule has 0 bridgehead atoms. The fourth-order valence-electron chi connectivity index (χ4n) is 4.23. The van der Waals surface area contributed by atoms with Crippen LogP contribution < -0.4 is 14.2 Å². The second kappa shape index (κ2) is 11.0. The summed E-state index contributed by atoms with van der Waals surface area (Å²) in [5, 5.41) is 10.3. The van der Waals surface area contributed by atoms with Crippen molar-refractivity contribution in [2.24, 2.45) is 0 Å². The minimum Gasteiger partial charge on any atom is -0.491 e. The van der Waals surface area contributed by atoms with Crippen LogP contribution in [0.3, 0.4) is 0 Å². The van der Waals surface area contributed by atoms with Gasteiger partial charge in [-0.2, -0.15) is 0 Å². The van der Waals surface area contributed by atoms with E-state index >= 15 is 0 Å². The highest BCUT2D eigenvalue weighted by Crippen LogP contribution is 2.32. The molecule has 2 aromatic rings. The number of rotatable bonds is 10. The number of aryl methyl sites for hydroxylation is 2. The summed E-state index contributed by atoms with van der Waals surface area (Å²) in [4.78, 5) is 4.74. The topological polar surface area (TPSA) is 63.6 Å². The molecule has 7 heteroatoms. The summed E-state index contributed by atoms with van der Waals surface area (Å²) in [6.45, 7) is 11.0. The lowest BCUT2D eigenvalue weighted by atomic mass is 10.1. The SMILES string of the molecule is Cc1cccc(C)c1OCCOCC(O)CN1CCN(Cc2ccc3c(c2)OCO3)CC1. The zero-order valence-corrected chi connectivity index (χ0v) is 19.1. The molecule has 0 radical (unpaired) electrons. The first-order valence-electron chi connectivity index (χ1n) is 11.4. The number of aliphatic hydroxyl groups excluding tert-OH is 1. The van der Waals surface area contributed by atoms with Crippen LogP contribution >= 0.6 is 0 Å². The van der Waals surface area contributed by atoms with Crippen LogP contribution in [0.4, 0.5) is 0 Å². The first kappa shape index (κ1) is 22.9. The molecule has 0 saturated carbocycles. The van der Waals surface area contributed by atoms with Gasteiger partial charge in [0.05, 0.1) is 19.3 Å². The van der Waals surface area contributed by atoms with Crippen LogP contribution in [0.1, 0.15) is 16.7 Å². The van der Waals surface area contributed by atoms with Crippen LogP contribution in [-0.2, 0) is 11.3 Å². The number of benzene rings is 2. The van der Waals surface area contributed by atoms with Gasteiger partial charge in [-0.25, -0.2) is 0 Å². The fourth-order valence-corrected chi connectivity index (χ4v) is 4.23. The molecular formula is C25H34N2O5. The van der Waals surface area contributed by atoms with Crippen LogP contribution in [-0.4, -0.2) is 80.3 Å². The number of ether oxygens (including phenoxy) is 4. The largest absolute Gasteiger partial charge is 0.491 e. The van der Waals surface area contributed by atoms with E-state index in [1.807, 2.05) is 38.1 Å². The molecule has 0 aromatic heterocycles. The van der Waals surface area contributed by atoms with Gasteiger partial charge in [0.15, 0.2) is 11.5 Å². The lowest BCUT2D eigenvalue weighted by Gasteiger charge is -2.35. The molecule has 1 unspecified atom stereocenters. The van der Waals surface area contributed by atoms with Gasteiger partial charge in [0.2, 0.25) is 6.79 Å². The third-order valence-electron chi connectivity index (χ3n) is 5.97. The molecule has 2 aliphatic heterocycles. The second-order valence-electron chi connectivity index (χ2n) is 8.56. The van der Waals surface area contributed by atoms with Crippen LogP contribution in [0.25, 0.3) is 0 Å². The standard InChI is InChI=1S/C25H34N2O5/c1-19-4-3-5-20(2)25(19)30-13-12-29-17-22(28)16-27-10-8-26(9-11-27)15-21-6-7-23-24(14-21)32-18-31-23/h3-7,14,22,28H,8-13,15-18H2,1-2H3. The van der Waals surface area contributed by atoms with Gasteiger partial charge in [0.1, 0.15) is 12.4 Å². The zero-order valence-electron chi connectivity index (χ0n) is 19.1. The molecule has 1 atom stereocenters. The summed E-state index contributed by atoms with van der Waals surface area (Å²) >= 11 is 0. The highest BCUT2D eigenvalue weighted by atomic mass is 16.7. The zero-order chi connectivity index (χ0) is 22.3. The third kappa shape index (κ3) is 6.13. The van der Waals surface area contributed by atoms with Gasteiger partial charge < -0.3 is 24.1 Å². The summed E-state index contributed by atoms with van der Waals surface area (Å²) in [6, 6.07) is 12.3. The van der Waals surface area contributed by atoms with Crippen LogP contribution in [0.5, 0.6) is 17.2 Å². The Hall–Kier alpha value is -2.32. The van der Waals surface area contributed by atoms with Crippen molar-refractivity contribution >= 4 is 0 Å². The number of fused-ring (bicyclic) bond motifs is 1. The lowest BCUT2D eigenvalue weighted by Crippen LogP contribution is -2.48. The number of hydrogen-bond donors (Lipinski definition) is 1. The number of hydrogen-bond acceptors (Lipinski definition) is 7. The molecule has 0 amide bonds. The Kier molecular flexibility index (Phi) is 7.86. The van der Waals surface area contributed by atoms with E-state index in [2.05, 4.69) is 21.9 Å². The smallest absolute Gasteiger partial charge is 0.231 e. The first-order chi connectivity index (χ1) is 15.6. The van der Waals surface area contributed by atoms with Crippen molar-refractivity contribution in [2.75, 3.05) is 59.3 Å². The summed E-state index contributed by atoms with van der Waals surface area (Å²) in [6.07, 6.45) is -0.490. The predicted molar refractivity (Wildman–Crippen MR) is 123 cm³/mol. The molecule has 0 spiro atoms. The molecule has 1 saturated heterocycles. The summed E-state index contributed by atoms with van der Waals surface area (Å²) in [5.74, 6) is 2.59. The Labute approximate surface area is 190 Å². The van der Waals surface area contributed by atoms with E-state index in [4.69, 9.17) is 18.9 Å². The van der Waals surface area contributed by atoms with E-state index < -0.39 is 6.10 Å². The Morgan fingerprint density at radius 3 is 2.44 bits per heavy atom. The number of para-hydroxylation sites is 1. The van der Waals surface area contributed by atoms with Crippen molar-refractivity contribution in [1.29, 1.82) is 0 Å². The van der Waals surface area contributed by atoms with Gasteiger partial charge in [-0.1, -0.05) is 24.3 Å². The van der Waals surface area contributed by atoms with Crippen LogP contribution in [0.2, 0.25) is 0 Å². The molecule has 2 aliphatic rings. The molecule has 0 aliphatic carbocycles. The molecular weight excluding hydrogens is 408 g/mol. The Morgan fingerprint density at radius 1 is 0.938 bits per heavy atom. The predicted octanol–water partition coefficient (Wildman–Crippen LogP) is 2.61. The maximum Gasteiger partial charge on any atom is 0.231 e. The van der Waals surface area contributed by atoms with Crippen molar-refractivity contribution < 1.29 is 24.1 Å². The maximum absolute atomic E-state index is 10.3. The van der Waals surface area contributed by atoms with Gasteiger partial charge in [-0.3, -0.25) is 9.80 Å². The maximum atomic E-state index is 10.3. The van der Waals surface area contributed by atoms with Gasteiger partial charge in [-0.05, 0) is 42.7 Å². The van der Waals surface area contributed by atoms with Gasteiger partial charge in [-0.15, -0.1) is 0 Å². The molecule has 174 valence electrons. The quantitative estimate of drug-likeness (QED) is 0.568. The summed E-state index contributed by atoms with van der Waals surface area (Å²) in [7, 11) is 0. The van der Waals surface area contributed by atoms with Crippen LogP contribution in [0.15, 0.2) is 36.4 Å². The number of piperazine rings is 1. The molecule has 2 heterocycles. The average molecular weight is 443 g/mol. The van der Waals surface area contributed by atoms with E-state index in [1.165, 1.54) is 5.56 Å². The van der Waals surface area contributed by atoms with Gasteiger partial charge >= 0.3 is 0 Å². The first-order valence-corrected chi connectivity index (χ1v) is 11.4. The Bertz CT molecular complexity index is 862. The highest BCUT2D eigenvalue weighted by molar-refractivity contribution is 5.44. The average Bonchev–Trinajstić information content (AvgIpc) is 3.25. The third-order valence-corrected chi connectivity index (χ3v) is 5.97. The van der Waals surface area contributed by atoms with E-state index in [1.54, 1.807) is 0 Å². The molecule has 32 heavy (non-hydrogen) atoms. The van der Waals surface area contributed by atoms with E-state index in [9.17, 15) is 5.11 Å². The number of aliphatic hydroxyl groups is 1. The molecule has 7 nitrogen and oxygen atoms in total. The minimum absolute atomic E-state index is 0.308. The summed E-state index contributed by atoms with van der Waals surface area (Å²) in [5.41, 5.74) is 3.49. The van der Waals surface area contributed by atoms with E-state index in [0.29, 0.717) is 33.2 Å². The lowest BCUT2D eigenvalue weighted by molar-refractivity contribution is -0.000526. The molecule has 1 N–H and O–H groups in total. The van der Waals surface area contributed by atoms with Crippen molar-refractivity contribution in [1.82, 2.24) is 9.80 Å². The number of nitrogens with zero attached hydrogens (tertiary/aromatic N) is 2. The van der Waals surface area contributed by atoms with Crippen molar-refractivity contribution in [2.45, 2.75) is 26.5 Å². The van der Waals surface area contributed by atoms with Gasteiger partial charge in [0.25, 0.3) is 0 Å².